The molecule has 1 heterocycles. The van der Waals surface area contributed by atoms with Crippen molar-refractivity contribution in [2.24, 2.45) is 0 Å². The van der Waals surface area contributed by atoms with E-state index in [-0.39, 0.29) is 11.6 Å². The second-order valence-corrected chi connectivity index (χ2v) is 2.67. The third kappa shape index (κ3) is 2.83. The fourth-order valence-corrected chi connectivity index (χ4v) is 1.05. The summed E-state index contributed by atoms with van der Waals surface area (Å²) in [4.78, 5) is 14.5. The largest absolute Gasteiger partial charge is 0.488 e. The Hall–Kier alpha value is -1.78. The fraction of sp³-hybridized carbons (Fsp3) is 0.400. The summed E-state index contributed by atoms with van der Waals surface area (Å²) in [5.41, 5.74) is -0.0538. The van der Waals surface area contributed by atoms with Crippen LogP contribution < -0.4 is 9.47 Å². The number of carbonyl (C=O) groups is 1. The lowest BCUT2D eigenvalue weighted by Gasteiger charge is -2.09. The van der Waals surface area contributed by atoms with E-state index >= 15 is 0 Å². The predicted octanol–water partition coefficient (Wildman–Crippen LogP) is 1.58. The molecule has 15 heavy (non-hydrogen) atoms. The first-order valence-electron chi connectivity index (χ1n) is 4.69. The van der Waals surface area contributed by atoms with Gasteiger partial charge in [0.2, 0.25) is 0 Å². The summed E-state index contributed by atoms with van der Waals surface area (Å²) in [5.74, 6) is -0.400. The standard InChI is InChI=1S/C10H13NO4/c1-3-14-8-6-5-7(10(12)13)11-9(8)15-4-2/h5-6H,3-4H2,1-2H3,(H,12,13). The summed E-state index contributed by atoms with van der Waals surface area (Å²) in [6.07, 6.45) is 0. The van der Waals surface area contributed by atoms with Crippen molar-refractivity contribution >= 4 is 5.97 Å². The molecule has 1 N–H and O–H groups in total. The normalized spacial score (nSPS) is 9.73. The maximum atomic E-state index is 10.7. The molecular formula is C10H13NO4. The molecule has 0 aliphatic heterocycles. The first kappa shape index (κ1) is 11.3. The van der Waals surface area contributed by atoms with Crippen molar-refractivity contribution in [2.75, 3.05) is 13.2 Å². The second-order valence-electron chi connectivity index (χ2n) is 2.67. The third-order valence-electron chi connectivity index (χ3n) is 1.63. The Kier molecular flexibility index (Phi) is 3.91. The summed E-state index contributed by atoms with van der Waals surface area (Å²) >= 11 is 0. The van der Waals surface area contributed by atoms with Crippen LogP contribution in [0.15, 0.2) is 12.1 Å². The van der Waals surface area contributed by atoms with Crippen molar-refractivity contribution in [1.29, 1.82) is 0 Å². The van der Waals surface area contributed by atoms with Crippen LogP contribution >= 0.6 is 0 Å². The van der Waals surface area contributed by atoms with E-state index in [0.29, 0.717) is 19.0 Å². The van der Waals surface area contributed by atoms with E-state index in [1.54, 1.807) is 13.0 Å². The van der Waals surface area contributed by atoms with E-state index in [0.717, 1.165) is 0 Å². The van der Waals surface area contributed by atoms with Crippen LogP contribution in [0.1, 0.15) is 24.3 Å². The summed E-state index contributed by atoms with van der Waals surface area (Å²) < 4.78 is 10.4. The lowest BCUT2D eigenvalue weighted by molar-refractivity contribution is 0.0689. The number of hydrogen-bond acceptors (Lipinski definition) is 4. The Morgan fingerprint density at radius 3 is 2.53 bits per heavy atom. The van der Waals surface area contributed by atoms with Gasteiger partial charge in [-0.2, -0.15) is 0 Å². The molecule has 0 fully saturated rings. The second kappa shape index (κ2) is 5.19. The Morgan fingerprint density at radius 1 is 1.33 bits per heavy atom. The van der Waals surface area contributed by atoms with Gasteiger partial charge >= 0.3 is 5.97 Å². The zero-order valence-electron chi connectivity index (χ0n) is 8.69. The highest BCUT2D eigenvalue weighted by atomic mass is 16.5. The number of aromatic carboxylic acids is 1. The van der Waals surface area contributed by atoms with Gasteiger partial charge in [0.25, 0.3) is 5.88 Å². The van der Waals surface area contributed by atoms with Crippen molar-refractivity contribution in [3.63, 3.8) is 0 Å². The monoisotopic (exact) mass is 211 g/mol. The Labute approximate surface area is 87.7 Å². The van der Waals surface area contributed by atoms with E-state index < -0.39 is 5.97 Å². The van der Waals surface area contributed by atoms with Crippen LogP contribution in [0.25, 0.3) is 0 Å². The molecule has 0 bridgehead atoms. The molecule has 1 aromatic heterocycles. The van der Waals surface area contributed by atoms with Gasteiger partial charge in [-0.3, -0.25) is 0 Å². The number of ether oxygens (including phenoxy) is 2. The third-order valence-corrected chi connectivity index (χ3v) is 1.63. The number of aromatic nitrogens is 1. The molecule has 1 rings (SSSR count). The van der Waals surface area contributed by atoms with Crippen LogP contribution in [-0.4, -0.2) is 29.3 Å². The highest BCUT2D eigenvalue weighted by molar-refractivity contribution is 5.85. The van der Waals surface area contributed by atoms with Crippen LogP contribution in [0, 0.1) is 0 Å². The van der Waals surface area contributed by atoms with Gasteiger partial charge in [0, 0.05) is 0 Å². The van der Waals surface area contributed by atoms with Gasteiger partial charge in [-0.25, -0.2) is 9.78 Å². The van der Waals surface area contributed by atoms with Gasteiger partial charge in [0.1, 0.15) is 0 Å². The molecule has 0 amide bonds. The average Bonchev–Trinajstić information content (AvgIpc) is 2.21. The molecule has 0 spiro atoms. The Morgan fingerprint density at radius 2 is 2.00 bits per heavy atom. The van der Waals surface area contributed by atoms with Crippen molar-refractivity contribution in [2.45, 2.75) is 13.8 Å². The molecule has 0 unspecified atom stereocenters. The quantitative estimate of drug-likeness (QED) is 0.800. The number of pyridine rings is 1. The van der Waals surface area contributed by atoms with Crippen LogP contribution in [0.3, 0.4) is 0 Å². The van der Waals surface area contributed by atoms with Gasteiger partial charge in [-0.1, -0.05) is 0 Å². The first-order chi connectivity index (χ1) is 7.19. The lowest BCUT2D eigenvalue weighted by Crippen LogP contribution is -2.05. The molecule has 0 atom stereocenters. The van der Waals surface area contributed by atoms with E-state index in [2.05, 4.69) is 4.98 Å². The maximum Gasteiger partial charge on any atom is 0.354 e. The molecule has 1 aromatic rings. The maximum absolute atomic E-state index is 10.7. The highest BCUT2D eigenvalue weighted by Crippen LogP contribution is 2.24. The average molecular weight is 211 g/mol. The molecule has 5 nitrogen and oxygen atoms in total. The molecule has 0 aromatic carbocycles. The lowest BCUT2D eigenvalue weighted by atomic mass is 10.3. The number of nitrogens with zero attached hydrogens (tertiary/aromatic N) is 1. The fourth-order valence-electron chi connectivity index (χ4n) is 1.05. The van der Waals surface area contributed by atoms with Gasteiger partial charge in [-0.15, -0.1) is 0 Å². The zero-order valence-corrected chi connectivity index (χ0v) is 8.69. The molecule has 0 aliphatic carbocycles. The molecule has 0 radical (unpaired) electrons. The van der Waals surface area contributed by atoms with Crippen molar-refractivity contribution in [1.82, 2.24) is 4.98 Å². The minimum atomic E-state index is -1.08. The van der Waals surface area contributed by atoms with E-state index in [9.17, 15) is 4.79 Å². The molecule has 0 saturated carbocycles. The number of rotatable bonds is 5. The zero-order chi connectivity index (χ0) is 11.3. The van der Waals surface area contributed by atoms with Gasteiger partial charge < -0.3 is 14.6 Å². The minimum absolute atomic E-state index is 0.0538. The molecule has 0 aliphatic rings. The summed E-state index contributed by atoms with van der Waals surface area (Å²) in [6.45, 7) is 4.52. The van der Waals surface area contributed by atoms with E-state index in [1.807, 2.05) is 6.92 Å². The summed E-state index contributed by atoms with van der Waals surface area (Å²) in [6, 6.07) is 2.93. The van der Waals surface area contributed by atoms with Gasteiger partial charge in [0.05, 0.1) is 13.2 Å². The van der Waals surface area contributed by atoms with Crippen LogP contribution in [0.2, 0.25) is 0 Å². The van der Waals surface area contributed by atoms with Gasteiger partial charge in [-0.05, 0) is 26.0 Å². The smallest absolute Gasteiger partial charge is 0.354 e. The topological polar surface area (TPSA) is 68.7 Å². The summed E-state index contributed by atoms with van der Waals surface area (Å²) in [7, 11) is 0. The van der Waals surface area contributed by atoms with Crippen LogP contribution in [0.5, 0.6) is 11.6 Å². The van der Waals surface area contributed by atoms with Crippen molar-refractivity contribution in [3.05, 3.63) is 17.8 Å². The minimum Gasteiger partial charge on any atom is -0.488 e. The summed E-state index contributed by atoms with van der Waals surface area (Å²) in [5, 5.41) is 8.74. The predicted molar refractivity (Wildman–Crippen MR) is 53.5 cm³/mol. The number of hydrogen-bond donors (Lipinski definition) is 1. The highest BCUT2D eigenvalue weighted by Gasteiger charge is 2.11. The van der Waals surface area contributed by atoms with Crippen molar-refractivity contribution in [3.8, 4) is 11.6 Å². The Balaban J connectivity index is 3.02. The SMILES string of the molecule is CCOc1ccc(C(=O)O)nc1OCC. The number of carboxylic acid groups (broad SMARTS) is 1. The van der Waals surface area contributed by atoms with E-state index in [4.69, 9.17) is 14.6 Å². The van der Waals surface area contributed by atoms with Gasteiger partial charge in [0.15, 0.2) is 11.4 Å². The van der Waals surface area contributed by atoms with E-state index in [1.165, 1.54) is 6.07 Å². The molecule has 5 heteroatoms. The van der Waals surface area contributed by atoms with Crippen LogP contribution in [0.4, 0.5) is 0 Å². The first-order valence-corrected chi connectivity index (χ1v) is 4.69. The Bertz CT molecular complexity index is 351. The van der Waals surface area contributed by atoms with Crippen molar-refractivity contribution < 1.29 is 19.4 Å². The molecule has 0 saturated heterocycles. The number of carboxylic acids is 1. The van der Waals surface area contributed by atoms with Crippen LogP contribution in [-0.2, 0) is 0 Å². The molecule has 82 valence electrons. The molecular weight excluding hydrogens is 198 g/mol.